The molecule has 0 bridgehead atoms. The summed E-state index contributed by atoms with van der Waals surface area (Å²) in [7, 11) is 0. The molecule has 31 heavy (non-hydrogen) atoms. The molecule has 2 aromatic rings. The lowest BCUT2D eigenvalue weighted by atomic mass is 9.95. The van der Waals surface area contributed by atoms with Gasteiger partial charge in [-0.2, -0.15) is 0 Å². The minimum absolute atomic E-state index is 0.114. The van der Waals surface area contributed by atoms with Gasteiger partial charge in [0.2, 0.25) is 5.91 Å². The third kappa shape index (κ3) is 4.77. The number of carbonyl (C=O) groups excluding carboxylic acids is 3. The topological polar surface area (TPSA) is 84.9 Å². The summed E-state index contributed by atoms with van der Waals surface area (Å²) in [6.45, 7) is 9.18. The maximum Gasteiger partial charge on any atom is 0.338 e. The zero-order valence-electron chi connectivity index (χ0n) is 18.5. The van der Waals surface area contributed by atoms with Crippen molar-refractivity contribution in [2.24, 2.45) is 0 Å². The van der Waals surface area contributed by atoms with Crippen LogP contribution in [0.25, 0.3) is 0 Å². The number of fused-ring (bicyclic) bond motifs is 1. The minimum Gasteiger partial charge on any atom is -0.449 e. The molecule has 1 aliphatic rings. The van der Waals surface area contributed by atoms with E-state index in [0.717, 1.165) is 5.56 Å². The Morgan fingerprint density at radius 1 is 1.03 bits per heavy atom. The summed E-state index contributed by atoms with van der Waals surface area (Å²) >= 11 is 0. The number of nitrogens with one attached hydrogen (secondary N) is 1. The van der Waals surface area contributed by atoms with Crippen LogP contribution in [0, 0.1) is 0 Å². The maximum atomic E-state index is 13.2. The van der Waals surface area contributed by atoms with Gasteiger partial charge in [0, 0.05) is 0 Å². The fourth-order valence-electron chi connectivity index (χ4n) is 3.31. The van der Waals surface area contributed by atoms with Gasteiger partial charge in [-0.15, -0.1) is 0 Å². The van der Waals surface area contributed by atoms with E-state index in [4.69, 9.17) is 9.47 Å². The Kier molecular flexibility index (Phi) is 6.45. The molecule has 0 saturated heterocycles. The second-order valence-corrected chi connectivity index (χ2v) is 8.31. The number of anilines is 2. The van der Waals surface area contributed by atoms with Crippen LogP contribution in [-0.4, -0.2) is 35.5 Å². The van der Waals surface area contributed by atoms with Crippen molar-refractivity contribution in [2.75, 3.05) is 10.2 Å². The Balaban J connectivity index is 1.74. The van der Waals surface area contributed by atoms with E-state index in [1.807, 2.05) is 13.8 Å². The second-order valence-electron chi connectivity index (χ2n) is 8.31. The number of hydrogen-bond donors (Lipinski definition) is 1. The van der Waals surface area contributed by atoms with Crippen LogP contribution < -0.4 is 10.2 Å². The zero-order valence-corrected chi connectivity index (χ0v) is 18.5. The fraction of sp³-hybridized carbons (Fsp3) is 0.375. The van der Waals surface area contributed by atoms with E-state index in [0.29, 0.717) is 23.5 Å². The molecule has 0 aliphatic carbocycles. The van der Waals surface area contributed by atoms with Gasteiger partial charge in [0.15, 0.2) is 6.10 Å². The van der Waals surface area contributed by atoms with Crippen molar-refractivity contribution in [3.05, 3.63) is 59.7 Å². The number of nitrogens with zero attached hydrogens (tertiary/aromatic N) is 1. The van der Waals surface area contributed by atoms with E-state index in [-0.39, 0.29) is 12.0 Å². The standard InChI is InChI=1S/C24H28N2O5/c1-15(2)30-14-17-10-12-18(13-11-17)22(28)31-16(3)21(27)26-20-9-7-6-8-19(20)25-23(29)24(26,4)5/h6-13,15-16H,14H2,1-5H3,(H,25,29)/t16-/m1/s1. The monoisotopic (exact) mass is 424 g/mol. The lowest BCUT2D eigenvalue weighted by molar-refractivity contribution is -0.131. The molecule has 2 aromatic carbocycles. The summed E-state index contributed by atoms with van der Waals surface area (Å²) in [6.07, 6.45) is -0.961. The van der Waals surface area contributed by atoms with Gasteiger partial charge in [0.05, 0.1) is 29.6 Å². The first-order valence-electron chi connectivity index (χ1n) is 10.3. The number of para-hydroxylation sites is 2. The Bertz CT molecular complexity index is 982. The molecule has 7 nitrogen and oxygen atoms in total. The first-order chi connectivity index (χ1) is 14.6. The van der Waals surface area contributed by atoms with Crippen molar-refractivity contribution in [1.82, 2.24) is 0 Å². The molecule has 0 aromatic heterocycles. The van der Waals surface area contributed by atoms with E-state index in [9.17, 15) is 14.4 Å². The Morgan fingerprint density at radius 2 is 1.68 bits per heavy atom. The zero-order chi connectivity index (χ0) is 22.8. The van der Waals surface area contributed by atoms with Crippen LogP contribution in [0.5, 0.6) is 0 Å². The molecule has 7 heteroatoms. The predicted molar refractivity (Wildman–Crippen MR) is 118 cm³/mol. The van der Waals surface area contributed by atoms with E-state index < -0.39 is 23.5 Å². The first kappa shape index (κ1) is 22.5. The highest BCUT2D eigenvalue weighted by atomic mass is 16.5. The third-order valence-electron chi connectivity index (χ3n) is 5.13. The largest absolute Gasteiger partial charge is 0.449 e. The molecule has 1 N–H and O–H groups in total. The van der Waals surface area contributed by atoms with Gasteiger partial charge in [-0.1, -0.05) is 24.3 Å². The number of carbonyl (C=O) groups is 3. The Hall–Kier alpha value is -3.19. The number of hydrogen-bond acceptors (Lipinski definition) is 5. The Morgan fingerprint density at radius 3 is 2.32 bits per heavy atom. The van der Waals surface area contributed by atoms with Gasteiger partial charge in [-0.05, 0) is 64.4 Å². The van der Waals surface area contributed by atoms with Gasteiger partial charge in [0.1, 0.15) is 5.54 Å². The molecule has 0 unspecified atom stereocenters. The summed E-state index contributed by atoms with van der Waals surface area (Å²) in [4.78, 5) is 39.8. The van der Waals surface area contributed by atoms with Crippen molar-refractivity contribution in [2.45, 2.75) is 59.0 Å². The van der Waals surface area contributed by atoms with Gasteiger partial charge in [-0.25, -0.2) is 4.79 Å². The maximum absolute atomic E-state index is 13.2. The number of rotatable bonds is 6. The van der Waals surface area contributed by atoms with Crippen LogP contribution in [0.2, 0.25) is 0 Å². The van der Waals surface area contributed by atoms with Crippen molar-refractivity contribution in [3.63, 3.8) is 0 Å². The molecule has 1 aliphatic heterocycles. The minimum atomic E-state index is -1.13. The van der Waals surface area contributed by atoms with E-state index in [1.54, 1.807) is 62.4 Å². The van der Waals surface area contributed by atoms with Crippen molar-refractivity contribution >= 4 is 29.2 Å². The normalized spacial score (nSPS) is 15.8. The van der Waals surface area contributed by atoms with E-state index >= 15 is 0 Å². The summed E-state index contributed by atoms with van der Waals surface area (Å²) in [5.41, 5.74) is 1.24. The van der Waals surface area contributed by atoms with E-state index in [1.165, 1.54) is 11.8 Å². The first-order valence-corrected chi connectivity index (χ1v) is 10.3. The quantitative estimate of drug-likeness (QED) is 0.711. The van der Waals surface area contributed by atoms with Crippen LogP contribution in [0.3, 0.4) is 0 Å². The lowest BCUT2D eigenvalue weighted by Gasteiger charge is -2.42. The van der Waals surface area contributed by atoms with Crippen LogP contribution in [0.15, 0.2) is 48.5 Å². The molecule has 1 heterocycles. The van der Waals surface area contributed by atoms with Gasteiger partial charge < -0.3 is 14.8 Å². The summed E-state index contributed by atoms with van der Waals surface area (Å²) < 4.78 is 11.0. The molecule has 0 spiro atoms. The van der Waals surface area contributed by atoms with Crippen LogP contribution in [0.4, 0.5) is 11.4 Å². The van der Waals surface area contributed by atoms with Crippen molar-refractivity contribution in [3.8, 4) is 0 Å². The highest BCUT2D eigenvalue weighted by Crippen LogP contribution is 2.37. The number of esters is 1. The SMILES string of the molecule is CC(C)OCc1ccc(C(=O)O[C@H](C)C(=O)N2c3ccccc3NC(=O)C2(C)C)cc1. The van der Waals surface area contributed by atoms with Crippen molar-refractivity contribution in [1.29, 1.82) is 0 Å². The van der Waals surface area contributed by atoms with Crippen molar-refractivity contribution < 1.29 is 23.9 Å². The number of amides is 2. The van der Waals surface area contributed by atoms with Crippen LogP contribution in [-0.2, 0) is 25.7 Å². The third-order valence-corrected chi connectivity index (χ3v) is 5.13. The Labute approximate surface area is 182 Å². The van der Waals surface area contributed by atoms with Crippen LogP contribution >= 0.6 is 0 Å². The fourth-order valence-corrected chi connectivity index (χ4v) is 3.31. The van der Waals surface area contributed by atoms with E-state index in [2.05, 4.69) is 5.32 Å². The molecular formula is C24H28N2O5. The molecule has 2 amide bonds. The van der Waals surface area contributed by atoms with Gasteiger partial charge >= 0.3 is 5.97 Å². The average molecular weight is 424 g/mol. The molecule has 1 atom stereocenters. The molecule has 0 fully saturated rings. The lowest BCUT2D eigenvalue weighted by Crippen LogP contribution is -2.60. The predicted octanol–water partition coefficient (Wildman–Crippen LogP) is 3.92. The molecule has 0 radical (unpaired) electrons. The smallest absolute Gasteiger partial charge is 0.338 e. The second kappa shape index (κ2) is 8.89. The highest BCUT2D eigenvalue weighted by Gasteiger charge is 2.45. The molecule has 3 rings (SSSR count). The molecular weight excluding hydrogens is 396 g/mol. The molecule has 164 valence electrons. The summed E-state index contributed by atoms with van der Waals surface area (Å²) in [5.74, 6) is -1.38. The van der Waals surface area contributed by atoms with Gasteiger partial charge in [0.25, 0.3) is 5.91 Å². The highest BCUT2D eigenvalue weighted by molar-refractivity contribution is 6.15. The summed E-state index contributed by atoms with van der Waals surface area (Å²) in [6, 6.07) is 13.9. The average Bonchev–Trinajstić information content (AvgIpc) is 2.73. The number of benzene rings is 2. The summed E-state index contributed by atoms with van der Waals surface area (Å²) in [5, 5.41) is 2.81. The van der Waals surface area contributed by atoms with Crippen LogP contribution in [0.1, 0.15) is 50.5 Å². The number of ether oxygens (including phenoxy) is 2. The molecule has 0 saturated carbocycles. The van der Waals surface area contributed by atoms with Gasteiger partial charge in [-0.3, -0.25) is 14.5 Å².